The van der Waals surface area contributed by atoms with E-state index in [1.807, 2.05) is 6.07 Å². The van der Waals surface area contributed by atoms with Gasteiger partial charge in [-0.15, -0.1) is 0 Å². The van der Waals surface area contributed by atoms with E-state index < -0.39 is 0 Å². The van der Waals surface area contributed by atoms with Crippen molar-refractivity contribution in [2.45, 2.75) is 32.9 Å². The predicted molar refractivity (Wildman–Crippen MR) is 88.5 cm³/mol. The maximum atomic E-state index is 11.6. The lowest BCUT2D eigenvalue weighted by Gasteiger charge is -2.39. The summed E-state index contributed by atoms with van der Waals surface area (Å²) >= 11 is 0. The van der Waals surface area contributed by atoms with Crippen molar-refractivity contribution >= 4 is 5.97 Å². The number of esters is 1. The molecule has 1 aromatic rings. The van der Waals surface area contributed by atoms with Gasteiger partial charge in [-0.1, -0.05) is 44.2 Å². The monoisotopic (exact) mass is 304 g/mol. The van der Waals surface area contributed by atoms with Crippen molar-refractivity contribution in [3.05, 3.63) is 35.9 Å². The topological polar surface area (TPSA) is 41.6 Å². The molecule has 4 heteroatoms. The molecule has 22 heavy (non-hydrogen) atoms. The Balaban J connectivity index is 1.92. The highest BCUT2D eigenvalue weighted by Crippen LogP contribution is 2.24. The molecule has 1 N–H and O–H groups in total. The van der Waals surface area contributed by atoms with Crippen LogP contribution in [-0.2, 0) is 16.1 Å². The number of hydrogen-bond donors (Lipinski definition) is 1. The zero-order chi connectivity index (χ0) is 15.9. The highest BCUT2D eigenvalue weighted by atomic mass is 16.5. The molecule has 0 amide bonds. The van der Waals surface area contributed by atoms with E-state index in [4.69, 9.17) is 4.74 Å². The second kappa shape index (κ2) is 8.30. The van der Waals surface area contributed by atoms with Crippen molar-refractivity contribution in [3.63, 3.8) is 0 Å². The summed E-state index contributed by atoms with van der Waals surface area (Å²) in [5.41, 5.74) is 1.30. The summed E-state index contributed by atoms with van der Waals surface area (Å²) in [4.78, 5) is 13.8. The van der Waals surface area contributed by atoms with Gasteiger partial charge in [-0.2, -0.15) is 0 Å². The number of likely N-dealkylation sites (tertiary alicyclic amines) is 1. The molecule has 2 unspecified atom stereocenters. The van der Waals surface area contributed by atoms with Gasteiger partial charge in [-0.25, -0.2) is 0 Å². The third-order valence-corrected chi connectivity index (χ3v) is 4.52. The fourth-order valence-electron chi connectivity index (χ4n) is 3.10. The fourth-order valence-corrected chi connectivity index (χ4v) is 3.10. The highest BCUT2D eigenvalue weighted by Gasteiger charge is 2.29. The van der Waals surface area contributed by atoms with E-state index in [-0.39, 0.29) is 5.97 Å². The molecular weight excluding hydrogens is 276 g/mol. The molecule has 0 radical (unpaired) electrons. The summed E-state index contributed by atoms with van der Waals surface area (Å²) in [7, 11) is 1.46. The summed E-state index contributed by atoms with van der Waals surface area (Å²) in [6, 6.07) is 10.9. The molecule has 0 aromatic heterocycles. The number of methoxy groups -OCH3 is 1. The van der Waals surface area contributed by atoms with Crippen LogP contribution in [0.15, 0.2) is 30.3 Å². The molecule has 1 aliphatic rings. The molecule has 0 saturated carbocycles. The van der Waals surface area contributed by atoms with E-state index in [1.165, 1.54) is 19.1 Å². The Morgan fingerprint density at radius 2 is 2.05 bits per heavy atom. The van der Waals surface area contributed by atoms with Gasteiger partial charge in [0, 0.05) is 25.7 Å². The molecule has 4 nitrogen and oxygen atoms in total. The molecule has 1 aliphatic heterocycles. The molecule has 122 valence electrons. The van der Waals surface area contributed by atoms with E-state index in [2.05, 4.69) is 48.3 Å². The number of carbonyl (C=O) groups is 1. The molecular formula is C18H28N2O2. The largest absolute Gasteiger partial charge is 0.468 e. The average molecular weight is 304 g/mol. The smallest absolute Gasteiger partial charge is 0.319 e. The number of benzene rings is 1. The van der Waals surface area contributed by atoms with Crippen LogP contribution in [0.5, 0.6) is 0 Å². The minimum Gasteiger partial charge on any atom is -0.468 e. The number of hydrogen-bond acceptors (Lipinski definition) is 4. The summed E-state index contributed by atoms with van der Waals surface area (Å²) in [5.74, 6) is 1.10. The van der Waals surface area contributed by atoms with E-state index >= 15 is 0 Å². The molecule has 0 bridgehead atoms. The SMILES string of the molecule is COC(=O)CN1CC(NCc2ccccc2)CC(C(C)C)C1. The van der Waals surface area contributed by atoms with E-state index in [1.54, 1.807) is 0 Å². The molecule has 1 saturated heterocycles. The summed E-state index contributed by atoms with van der Waals surface area (Å²) in [6.45, 7) is 7.69. The van der Waals surface area contributed by atoms with Gasteiger partial charge in [-0.05, 0) is 23.8 Å². The standard InChI is InChI=1S/C18H28N2O2/c1-14(2)16-9-17(12-20(11-16)13-18(21)22-3)19-10-15-7-5-4-6-8-15/h4-8,14,16-17,19H,9-13H2,1-3H3. The third-order valence-electron chi connectivity index (χ3n) is 4.52. The van der Waals surface area contributed by atoms with Gasteiger partial charge in [-0.3, -0.25) is 9.69 Å². The van der Waals surface area contributed by atoms with Gasteiger partial charge in [0.1, 0.15) is 0 Å². The van der Waals surface area contributed by atoms with Crippen LogP contribution in [0.3, 0.4) is 0 Å². The van der Waals surface area contributed by atoms with Crippen molar-refractivity contribution in [3.8, 4) is 0 Å². The average Bonchev–Trinajstić information content (AvgIpc) is 2.53. The van der Waals surface area contributed by atoms with Crippen LogP contribution in [0, 0.1) is 11.8 Å². The van der Waals surface area contributed by atoms with Crippen LogP contribution in [0.2, 0.25) is 0 Å². The van der Waals surface area contributed by atoms with Gasteiger partial charge in [0.15, 0.2) is 0 Å². The van der Waals surface area contributed by atoms with Crippen LogP contribution in [0.4, 0.5) is 0 Å². The van der Waals surface area contributed by atoms with Crippen molar-refractivity contribution in [1.82, 2.24) is 10.2 Å². The number of nitrogens with one attached hydrogen (secondary N) is 1. The molecule has 1 aromatic carbocycles. The Morgan fingerprint density at radius 3 is 2.68 bits per heavy atom. The molecule has 1 fully saturated rings. The molecule has 0 spiro atoms. The van der Waals surface area contributed by atoms with Crippen molar-refractivity contribution < 1.29 is 9.53 Å². The van der Waals surface area contributed by atoms with Crippen molar-refractivity contribution in [2.24, 2.45) is 11.8 Å². The Kier molecular flexibility index (Phi) is 6.40. The quantitative estimate of drug-likeness (QED) is 0.819. The Bertz CT molecular complexity index is 461. The maximum absolute atomic E-state index is 11.6. The van der Waals surface area contributed by atoms with Crippen LogP contribution in [0.25, 0.3) is 0 Å². The first-order valence-electron chi connectivity index (χ1n) is 8.15. The van der Waals surface area contributed by atoms with Gasteiger partial charge < -0.3 is 10.1 Å². The lowest BCUT2D eigenvalue weighted by molar-refractivity contribution is -0.142. The number of piperidine rings is 1. The van der Waals surface area contributed by atoms with Crippen LogP contribution < -0.4 is 5.32 Å². The molecule has 2 atom stereocenters. The minimum absolute atomic E-state index is 0.147. The number of nitrogens with zero attached hydrogens (tertiary/aromatic N) is 1. The summed E-state index contributed by atoms with van der Waals surface area (Å²) in [5, 5.41) is 3.65. The third kappa shape index (κ3) is 5.11. The van der Waals surface area contributed by atoms with Gasteiger partial charge in [0.2, 0.25) is 0 Å². The normalized spacial score (nSPS) is 22.7. The first-order valence-corrected chi connectivity index (χ1v) is 8.15. The van der Waals surface area contributed by atoms with Crippen LogP contribution in [-0.4, -0.2) is 43.7 Å². The second-order valence-corrected chi connectivity index (χ2v) is 6.57. The number of rotatable bonds is 6. The Labute approximate surface area is 133 Å². The van der Waals surface area contributed by atoms with Gasteiger partial charge >= 0.3 is 5.97 Å². The number of carbonyl (C=O) groups excluding carboxylic acids is 1. The van der Waals surface area contributed by atoms with Gasteiger partial charge in [0.05, 0.1) is 13.7 Å². The Morgan fingerprint density at radius 1 is 1.32 bits per heavy atom. The van der Waals surface area contributed by atoms with Crippen molar-refractivity contribution in [1.29, 1.82) is 0 Å². The first kappa shape index (κ1) is 17.0. The maximum Gasteiger partial charge on any atom is 0.319 e. The predicted octanol–water partition coefficient (Wildman–Crippen LogP) is 2.30. The van der Waals surface area contributed by atoms with Crippen molar-refractivity contribution in [2.75, 3.05) is 26.7 Å². The van der Waals surface area contributed by atoms with Gasteiger partial charge in [0.25, 0.3) is 0 Å². The second-order valence-electron chi connectivity index (χ2n) is 6.57. The Hall–Kier alpha value is -1.39. The highest BCUT2D eigenvalue weighted by molar-refractivity contribution is 5.71. The molecule has 2 rings (SSSR count). The summed E-state index contributed by atoms with van der Waals surface area (Å²) in [6.07, 6.45) is 1.17. The number of ether oxygens (including phenoxy) is 1. The summed E-state index contributed by atoms with van der Waals surface area (Å²) < 4.78 is 4.81. The fraction of sp³-hybridized carbons (Fsp3) is 0.611. The first-order chi connectivity index (χ1) is 10.6. The van der Waals surface area contributed by atoms with E-state index in [9.17, 15) is 4.79 Å². The van der Waals surface area contributed by atoms with E-state index in [0.717, 1.165) is 19.6 Å². The lowest BCUT2D eigenvalue weighted by Crippen LogP contribution is -2.51. The molecule has 1 heterocycles. The lowest BCUT2D eigenvalue weighted by atomic mass is 9.85. The molecule has 0 aliphatic carbocycles. The zero-order valence-corrected chi connectivity index (χ0v) is 13.9. The zero-order valence-electron chi connectivity index (χ0n) is 13.9. The van der Waals surface area contributed by atoms with Crippen LogP contribution in [0.1, 0.15) is 25.8 Å². The minimum atomic E-state index is -0.147. The van der Waals surface area contributed by atoms with Crippen LogP contribution >= 0.6 is 0 Å². The van der Waals surface area contributed by atoms with E-state index in [0.29, 0.717) is 24.4 Å².